The third-order valence-corrected chi connectivity index (χ3v) is 2.01. The van der Waals surface area contributed by atoms with E-state index in [1.165, 1.54) is 7.05 Å². The Bertz CT molecular complexity index is 312. The van der Waals surface area contributed by atoms with Crippen molar-refractivity contribution in [2.75, 3.05) is 32.4 Å². The second kappa shape index (κ2) is 23.1. The fourth-order valence-electron chi connectivity index (χ4n) is 0.801. The van der Waals surface area contributed by atoms with Crippen LogP contribution in [0.2, 0.25) is 0 Å². The fourth-order valence-corrected chi connectivity index (χ4v) is 0.903. The van der Waals surface area contributed by atoms with Crippen LogP contribution in [0.4, 0.5) is 0 Å². The molecule has 23 heavy (non-hydrogen) atoms. The summed E-state index contributed by atoms with van der Waals surface area (Å²) in [7, 11) is 1.44. The van der Waals surface area contributed by atoms with E-state index >= 15 is 0 Å². The van der Waals surface area contributed by atoms with Crippen LogP contribution < -0.4 is 21.3 Å². The molecule has 1 radical (unpaired) electrons. The van der Waals surface area contributed by atoms with Crippen molar-refractivity contribution < 1.29 is 39.3 Å². The van der Waals surface area contributed by atoms with Crippen molar-refractivity contribution in [3.05, 3.63) is 0 Å². The first-order valence-corrected chi connectivity index (χ1v) is 7.66. The minimum Gasteiger partial charge on any atom is -0.783 e. The van der Waals surface area contributed by atoms with E-state index in [4.69, 9.17) is 0 Å². The summed E-state index contributed by atoms with van der Waals surface area (Å²) in [6, 6.07) is 0. The molecule has 4 amide bonds. The van der Waals surface area contributed by atoms with Gasteiger partial charge in [0.2, 0.25) is 17.7 Å². The molecule has 8 nitrogen and oxygen atoms in total. The van der Waals surface area contributed by atoms with Crippen LogP contribution in [0.1, 0.15) is 27.7 Å². The SMILES string of the molecule is CC.CC.CNC(=O)CNC(=O)CNC(=O)CNC(=O)C[S-].[Ir]. The first kappa shape index (κ1) is 29.8. The number of carbonyl (C=O) groups is 4. The molecule has 0 aliphatic heterocycles. The van der Waals surface area contributed by atoms with Crippen molar-refractivity contribution in [3.63, 3.8) is 0 Å². The molecule has 0 saturated carbocycles. The molecule has 0 unspecified atom stereocenters. The largest absolute Gasteiger partial charge is 0.783 e. The second-order valence-electron chi connectivity index (χ2n) is 3.15. The summed E-state index contributed by atoms with van der Waals surface area (Å²) in [5.41, 5.74) is 0. The molecule has 0 spiro atoms. The maximum Gasteiger partial charge on any atom is 0.239 e. The predicted octanol–water partition coefficient (Wildman–Crippen LogP) is -1.32. The van der Waals surface area contributed by atoms with Crippen LogP contribution in [-0.2, 0) is 51.9 Å². The van der Waals surface area contributed by atoms with Crippen molar-refractivity contribution in [1.82, 2.24) is 21.3 Å². The third-order valence-electron chi connectivity index (χ3n) is 1.75. The van der Waals surface area contributed by atoms with Crippen molar-refractivity contribution in [1.29, 1.82) is 0 Å². The van der Waals surface area contributed by atoms with Gasteiger partial charge in [-0.3, -0.25) is 19.2 Å². The molecular weight excluding hydrogens is 500 g/mol. The van der Waals surface area contributed by atoms with Crippen LogP contribution in [0.5, 0.6) is 0 Å². The van der Waals surface area contributed by atoms with Gasteiger partial charge in [-0.15, -0.1) is 0 Å². The Morgan fingerprint density at radius 3 is 1.30 bits per heavy atom. The minimum absolute atomic E-state index is 0. The van der Waals surface area contributed by atoms with Gasteiger partial charge in [-0.1, -0.05) is 33.4 Å². The van der Waals surface area contributed by atoms with Gasteiger partial charge >= 0.3 is 0 Å². The second-order valence-corrected chi connectivity index (χ2v) is 3.44. The normalized spacial score (nSPS) is 7.74. The molecule has 10 heteroatoms. The first-order valence-electron chi connectivity index (χ1n) is 7.08. The number of carbonyl (C=O) groups excluding carboxylic acids is 4. The quantitative estimate of drug-likeness (QED) is 0.307. The van der Waals surface area contributed by atoms with Crippen LogP contribution in [0, 0.1) is 0 Å². The van der Waals surface area contributed by atoms with Crippen molar-refractivity contribution >= 4 is 36.3 Å². The number of likely N-dealkylation sites (N-methyl/N-ethyl adjacent to an activating group) is 1. The van der Waals surface area contributed by atoms with Crippen molar-refractivity contribution in [3.8, 4) is 0 Å². The predicted molar refractivity (Wildman–Crippen MR) is 88.0 cm³/mol. The summed E-state index contributed by atoms with van der Waals surface area (Å²) in [6.45, 7) is 7.34. The molecule has 0 aromatic heterocycles. The molecule has 0 aromatic carbocycles. The monoisotopic (exact) mass is 528 g/mol. The van der Waals surface area contributed by atoms with E-state index in [0.717, 1.165) is 0 Å². The number of rotatable bonds is 7. The molecule has 0 aliphatic rings. The summed E-state index contributed by atoms with van der Waals surface area (Å²) >= 11 is 4.46. The maximum absolute atomic E-state index is 11.2. The van der Waals surface area contributed by atoms with Gasteiger partial charge in [0, 0.05) is 27.2 Å². The first-order chi connectivity index (χ1) is 10.5. The zero-order valence-corrected chi connectivity index (χ0v) is 17.4. The van der Waals surface area contributed by atoms with Crippen molar-refractivity contribution in [2.45, 2.75) is 27.7 Å². The van der Waals surface area contributed by atoms with Gasteiger partial charge in [-0.2, -0.15) is 0 Å². The molecule has 0 aliphatic carbocycles. The number of nitrogens with one attached hydrogen (secondary N) is 4. The smallest absolute Gasteiger partial charge is 0.239 e. The summed E-state index contributed by atoms with van der Waals surface area (Å²) in [4.78, 5) is 43.8. The van der Waals surface area contributed by atoms with E-state index in [-0.39, 0.29) is 51.4 Å². The Kier molecular flexibility index (Phi) is 30.0. The van der Waals surface area contributed by atoms with Crippen LogP contribution in [0.15, 0.2) is 0 Å². The Balaban J connectivity index is -0.000000332. The number of hydrogen-bond donors (Lipinski definition) is 4. The number of amides is 4. The summed E-state index contributed by atoms with van der Waals surface area (Å²) in [6.07, 6.45) is 0. The average molecular weight is 528 g/mol. The molecule has 4 N–H and O–H groups in total. The Hall–Kier alpha value is -1.12. The summed E-state index contributed by atoms with van der Waals surface area (Å²) in [5, 5.41) is 9.16. The van der Waals surface area contributed by atoms with Gasteiger partial charge in [0.25, 0.3) is 0 Å². The zero-order chi connectivity index (χ0) is 18.0. The summed E-state index contributed by atoms with van der Waals surface area (Å²) in [5.74, 6) is -1.90. The molecule has 139 valence electrons. The van der Waals surface area contributed by atoms with Crippen LogP contribution in [0.3, 0.4) is 0 Å². The van der Waals surface area contributed by atoms with Gasteiger partial charge in [-0.25, -0.2) is 0 Å². The van der Waals surface area contributed by atoms with Gasteiger partial charge in [0.15, 0.2) is 5.91 Å². The van der Waals surface area contributed by atoms with Crippen LogP contribution in [-0.4, -0.2) is 56.1 Å². The van der Waals surface area contributed by atoms with E-state index in [1.54, 1.807) is 0 Å². The Morgan fingerprint density at radius 1 is 0.696 bits per heavy atom. The van der Waals surface area contributed by atoms with E-state index in [0.29, 0.717) is 0 Å². The fraction of sp³-hybridized carbons (Fsp3) is 0.692. The molecule has 0 aromatic rings. The van der Waals surface area contributed by atoms with E-state index in [2.05, 4.69) is 33.9 Å². The van der Waals surface area contributed by atoms with Gasteiger partial charge in [0.1, 0.15) is 0 Å². The van der Waals surface area contributed by atoms with E-state index in [1.807, 2.05) is 27.7 Å². The van der Waals surface area contributed by atoms with E-state index < -0.39 is 17.7 Å². The van der Waals surface area contributed by atoms with Gasteiger partial charge in [0.05, 0.1) is 19.6 Å². The van der Waals surface area contributed by atoms with Gasteiger partial charge in [-0.05, 0) is 0 Å². The van der Waals surface area contributed by atoms with E-state index in [9.17, 15) is 19.2 Å². The molecule has 0 bridgehead atoms. The molecular formula is C13H27IrN4O4S-. The molecule has 0 heterocycles. The standard InChI is InChI=1S/C9H16N4O4S.2C2H6.Ir/c1-10-6(14)2-11-7(15)3-12-8(16)4-13-9(17)5-18;2*1-2;/h18H,2-5H2,1H3,(H,10,14)(H,11,15)(H,12,16)(H,13,17);2*1-2H3;/p-1. The Labute approximate surface area is 157 Å². The molecule has 0 rings (SSSR count). The average Bonchev–Trinajstić information content (AvgIpc) is 2.58. The van der Waals surface area contributed by atoms with Crippen LogP contribution in [0.25, 0.3) is 0 Å². The molecule has 0 fully saturated rings. The topological polar surface area (TPSA) is 116 Å². The third kappa shape index (κ3) is 23.3. The summed E-state index contributed by atoms with van der Waals surface area (Å²) < 4.78 is 0. The number of hydrogen-bond acceptors (Lipinski definition) is 5. The van der Waals surface area contributed by atoms with Gasteiger partial charge < -0.3 is 33.9 Å². The maximum atomic E-state index is 11.2. The minimum atomic E-state index is -0.512. The van der Waals surface area contributed by atoms with Crippen LogP contribution >= 0.6 is 0 Å². The molecule has 0 atom stereocenters. The zero-order valence-electron chi connectivity index (χ0n) is 14.2. The Morgan fingerprint density at radius 2 is 1.00 bits per heavy atom. The molecule has 0 saturated heterocycles. The van der Waals surface area contributed by atoms with Crippen molar-refractivity contribution in [2.24, 2.45) is 0 Å².